The summed E-state index contributed by atoms with van der Waals surface area (Å²) in [7, 11) is 0. The molecule has 1 aliphatic carbocycles. The molecule has 2 atom stereocenters. The molecular formula is C29H32ClFN4O3. The molecule has 2 aromatic rings. The Morgan fingerprint density at radius 1 is 0.921 bits per heavy atom. The lowest BCUT2D eigenvalue weighted by molar-refractivity contribution is -0.141. The van der Waals surface area contributed by atoms with Gasteiger partial charge in [-0.3, -0.25) is 19.3 Å². The number of nitrogens with zero attached hydrogens (tertiary/aromatic N) is 3. The van der Waals surface area contributed by atoms with Crippen LogP contribution < -0.4 is 5.32 Å². The van der Waals surface area contributed by atoms with Gasteiger partial charge >= 0.3 is 0 Å². The van der Waals surface area contributed by atoms with Gasteiger partial charge in [-0.15, -0.1) is 0 Å². The predicted octanol–water partition coefficient (Wildman–Crippen LogP) is 4.55. The molecule has 3 amide bonds. The molecule has 2 saturated heterocycles. The van der Waals surface area contributed by atoms with Crippen molar-refractivity contribution in [2.45, 2.75) is 63.1 Å². The fourth-order valence-electron chi connectivity index (χ4n) is 6.66. The van der Waals surface area contributed by atoms with E-state index < -0.39 is 11.9 Å². The minimum absolute atomic E-state index is 0.0789. The van der Waals surface area contributed by atoms with Crippen LogP contribution in [0.25, 0.3) is 11.1 Å². The van der Waals surface area contributed by atoms with Crippen LogP contribution in [0.15, 0.2) is 36.4 Å². The topological polar surface area (TPSA) is 73.0 Å². The van der Waals surface area contributed by atoms with E-state index in [0.717, 1.165) is 32.2 Å². The van der Waals surface area contributed by atoms with E-state index in [9.17, 15) is 18.8 Å². The molecule has 0 spiro atoms. The number of amides is 3. The standard InChI is InChI=1S/C29H32ClFN4O3/c30-19-9-10-21(23(31)16-19)18-8-11-24-22(15-18)28(37)35-14-13-33(17-26(35)27(36)32-24)29(38)25-7-4-12-34(25)20-5-2-1-3-6-20/h8-11,15-16,20,25-26H,1-7,12-14,17H2,(H,32,36). The van der Waals surface area contributed by atoms with E-state index in [-0.39, 0.29) is 36.9 Å². The van der Waals surface area contributed by atoms with Crippen LogP contribution in [0, 0.1) is 5.82 Å². The number of hydrogen-bond acceptors (Lipinski definition) is 4. The van der Waals surface area contributed by atoms with Crippen molar-refractivity contribution in [1.82, 2.24) is 14.7 Å². The summed E-state index contributed by atoms with van der Waals surface area (Å²) in [6, 6.07) is 8.90. The second-order valence-electron chi connectivity index (χ2n) is 10.9. The minimum Gasteiger partial charge on any atom is -0.337 e. The lowest BCUT2D eigenvalue weighted by Gasteiger charge is -2.42. The van der Waals surface area contributed by atoms with Gasteiger partial charge < -0.3 is 15.1 Å². The number of nitrogens with one attached hydrogen (secondary N) is 1. The third-order valence-electron chi connectivity index (χ3n) is 8.63. The van der Waals surface area contributed by atoms with Crippen molar-refractivity contribution >= 4 is 35.0 Å². The summed E-state index contributed by atoms with van der Waals surface area (Å²) < 4.78 is 14.6. The Balaban J connectivity index is 1.21. The van der Waals surface area contributed by atoms with Gasteiger partial charge in [0.2, 0.25) is 11.8 Å². The van der Waals surface area contributed by atoms with Crippen molar-refractivity contribution < 1.29 is 18.8 Å². The van der Waals surface area contributed by atoms with Crippen molar-refractivity contribution in [3.63, 3.8) is 0 Å². The highest BCUT2D eigenvalue weighted by atomic mass is 35.5. The number of anilines is 1. The Morgan fingerprint density at radius 3 is 2.53 bits per heavy atom. The lowest BCUT2D eigenvalue weighted by Crippen LogP contribution is -2.62. The summed E-state index contributed by atoms with van der Waals surface area (Å²) in [5.74, 6) is -1.01. The number of halogens is 2. The molecule has 0 aromatic heterocycles. The molecule has 0 radical (unpaired) electrons. The normalized spacial score (nSPS) is 24.6. The fourth-order valence-corrected chi connectivity index (χ4v) is 6.82. The van der Waals surface area contributed by atoms with Gasteiger partial charge in [0.25, 0.3) is 5.91 Å². The van der Waals surface area contributed by atoms with Crippen LogP contribution in [0.3, 0.4) is 0 Å². The molecule has 4 aliphatic rings. The van der Waals surface area contributed by atoms with Crippen molar-refractivity contribution in [1.29, 1.82) is 0 Å². The van der Waals surface area contributed by atoms with Crippen LogP contribution in [0.2, 0.25) is 5.02 Å². The quantitative estimate of drug-likeness (QED) is 0.622. The van der Waals surface area contributed by atoms with Crippen LogP contribution in [0.5, 0.6) is 0 Å². The van der Waals surface area contributed by atoms with E-state index in [1.807, 2.05) is 0 Å². The van der Waals surface area contributed by atoms with Gasteiger partial charge in [-0.25, -0.2) is 4.39 Å². The smallest absolute Gasteiger partial charge is 0.256 e. The average molecular weight is 539 g/mol. The highest BCUT2D eigenvalue weighted by molar-refractivity contribution is 6.30. The molecule has 2 unspecified atom stereocenters. The third kappa shape index (κ3) is 4.58. The molecule has 1 N–H and O–H groups in total. The molecule has 3 heterocycles. The highest BCUT2D eigenvalue weighted by Gasteiger charge is 2.44. The Hall–Kier alpha value is -2.97. The van der Waals surface area contributed by atoms with Crippen molar-refractivity contribution in [3.8, 4) is 11.1 Å². The summed E-state index contributed by atoms with van der Waals surface area (Å²) >= 11 is 5.90. The summed E-state index contributed by atoms with van der Waals surface area (Å²) in [6.07, 6.45) is 7.88. The lowest BCUT2D eigenvalue weighted by atomic mass is 9.93. The van der Waals surface area contributed by atoms with E-state index >= 15 is 0 Å². The molecule has 38 heavy (non-hydrogen) atoms. The summed E-state index contributed by atoms with van der Waals surface area (Å²) in [5, 5.41) is 3.17. The van der Waals surface area contributed by atoms with Gasteiger partial charge in [0.05, 0.1) is 23.8 Å². The minimum atomic E-state index is -0.771. The largest absolute Gasteiger partial charge is 0.337 e. The molecule has 7 nitrogen and oxygen atoms in total. The van der Waals surface area contributed by atoms with Gasteiger partial charge in [-0.2, -0.15) is 0 Å². The number of likely N-dealkylation sites (tertiary alicyclic amines) is 1. The zero-order chi connectivity index (χ0) is 26.4. The molecule has 0 bridgehead atoms. The summed E-state index contributed by atoms with van der Waals surface area (Å²) in [6.45, 7) is 1.80. The zero-order valence-electron chi connectivity index (χ0n) is 21.3. The molecule has 6 rings (SSSR count). The molecular weight excluding hydrogens is 507 g/mol. The molecule has 9 heteroatoms. The molecule has 2 aromatic carbocycles. The summed E-state index contributed by atoms with van der Waals surface area (Å²) in [4.78, 5) is 46.3. The third-order valence-corrected chi connectivity index (χ3v) is 8.86. The van der Waals surface area contributed by atoms with Gasteiger partial charge in [0.1, 0.15) is 11.9 Å². The Morgan fingerprint density at radius 2 is 1.74 bits per heavy atom. The van der Waals surface area contributed by atoms with Gasteiger partial charge in [0.15, 0.2) is 0 Å². The SMILES string of the molecule is O=C1Nc2ccc(-c3ccc(Cl)cc3F)cc2C(=O)N2CCN(C(=O)C3CCCN3C3CCCCC3)CC12. The maximum atomic E-state index is 14.6. The van der Waals surface area contributed by atoms with Crippen molar-refractivity contribution in [2.24, 2.45) is 0 Å². The monoisotopic (exact) mass is 538 g/mol. The average Bonchev–Trinajstić information content (AvgIpc) is 3.39. The number of rotatable bonds is 3. The summed E-state index contributed by atoms with van der Waals surface area (Å²) in [5.41, 5.74) is 1.56. The highest BCUT2D eigenvalue weighted by Crippen LogP contribution is 2.34. The Labute approximate surface area is 226 Å². The maximum Gasteiger partial charge on any atom is 0.256 e. The van der Waals surface area contributed by atoms with Gasteiger partial charge in [0, 0.05) is 29.7 Å². The first kappa shape index (κ1) is 25.3. The van der Waals surface area contributed by atoms with Gasteiger partial charge in [-0.1, -0.05) is 36.9 Å². The van der Waals surface area contributed by atoms with Crippen LogP contribution in [0.4, 0.5) is 10.1 Å². The first-order valence-electron chi connectivity index (χ1n) is 13.7. The van der Waals surface area contributed by atoms with E-state index in [2.05, 4.69) is 10.2 Å². The molecule has 3 aliphatic heterocycles. The number of piperazine rings is 1. The predicted molar refractivity (Wildman–Crippen MR) is 143 cm³/mol. The molecule has 3 fully saturated rings. The first-order valence-corrected chi connectivity index (χ1v) is 14.0. The van der Waals surface area contributed by atoms with E-state index in [0.29, 0.717) is 40.0 Å². The first-order chi connectivity index (χ1) is 18.4. The number of fused-ring (bicyclic) bond motifs is 2. The van der Waals surface area contributed by atoms with Crippen LogP contribution in [-0.2, 0) is 9.59 Å². The fraction of sp³-hybridized carbons (Fsp3) is 0.483. The number of carbonyl (C=O) groups is 3. The van der Waals surface area contributed by atoms with Crippen LogP contribution in [0.1, 0.15) is 55.3 Å². The second-order valence-corrected chi connectivity index (χ2v) is 11.3. The molecule has 1 saturated carbocycles. The number of hydrogen-bond donors (Lipinski definition) is 1. The Kier molecular flexibility index (Phi) is 6.86. The van der Waals surface area contributed by atoms with Crippen molar-refractivity contribution in [3.05, 3.63) is 52.8 Å². The second kappa shape index (κ2) is 10.3. The molecule has 200 valence electrons. The van der Waals surface area contributed by atoms with Gasteiger partial charge in [-0.05, 0) is 68.1 Å². The maximum absolute atomic E-state index is 14.6. The van der Waals surface area contributed by atoms with Crippen LogP contribution >= 0.6 is 11.6 Å². The Bertz CT molecular complexity index is 1280. The van der Waals surface area contributed by atoms with E-state index in [4.69, 9.17) is 11.6 Å². The zero-order valence-corrected chi connectivity index (χ0v) is 22.1. The van der Waals surface area contributed by atoms with E-state index in [1.54, 1.807) is 40.1 Å². The number of carbonyl (C=O) groups excluding carboxylic acids is 3. The van der Waals surface area contributed by atoms with Crippen LogP contribution in [-0.4, -0.2) is 76.7 Å². The van der Waals surface area contributed by atoms with Crippen molar-refractivity contribution in [2.75, 3.05) is 31.5 Å². The number of benzene rings is 2. The van der Waals surface area contributed by atoms with E-state index in [1.165, 1.54) is 25.3 Å².